The van der Waals surface area contributed by atoms with Gasteiger partial charge in [-0.2, -0.15) is 0 Å². The lowest BCUT2D eigenvalue weighted by atomic mass is 10.0. The number of phosphoric ester groups is 1. The molecule has 0 aliphatic rings. The lowest BCUT2D eigenvalue weighted by Gasteiger charge is -2.18. The maximum absolute atomic E-state index is 12.4. The minimum atomic E-state index is -4.77. The molecule has 63 heavy (non-hydrogen) atoms. The zero-order chi connectivity index (χ0) is 46.3. The first-order valence-corrected chi connectivity index (χ1v) is 26.7. The number of aliphatic carboxylic acids is 1. The Kier molecular flexibility index (Phi) is 44.1. The number of phosphoric acid groups is 1. The molecule has 3 atom stereocenters. The second-order valence-corrected chi connectivity index (χ2v) is 18.5. The summed E-state index contributed by atoms with van der Waals surface area (Å²) in [5.41, 5.74) is 0. The van der Waals surface area contributed by atoms with Crippen molar-refractivity contribution >= 4 is 25.7 Å². The largest absolute Gasteiger partial charge is 0.480 e. The molecule has 0 rings (SSSR count). The molecule has 0 saturated carbocycles. The molecule has 0 bridgehead atoms. The van der Waals surface area contributed by atoms with Gasteiger partial charge in [-0.05, 0) is 57.8 Å². The van der Waals surface area contributed by atoms with Gasteiger partial charge in [0.1, 0.15) is 12.7 Å². The molecule has 0 fully saturated rings. The van der Waals surface area contributed by atoms with Crippen LogP contribution >= 0.6 is 7.82 Å². The van der Waals surface area contributed by atoms with E-state index >= 15 is 0 Å². The monoisotopic (exact) mass is 910 g/mol. The van der Waals surface area contributed by atoms with Crippen molar-refractivity contribution in [1.29, 1.82) is 0 Å². The molecule has 0 aromatic heterocycles. The summed E-state index contributed by atoms with van der Waals surface area (Å²) in [6.07, 6.45) is 52.7. The van der Waals surface area contributed by atoms with Crippen LogP contribution in [-0.2, 0) is 32.7 Å². The molecule has 3 unspecified atom stereocenters. The molecule has 1 amide bonds. The molecule has 0 aromatic rings. The summed E-state index contributed by atoms with van der Waals surface area (Å²) in [7, 11) is -4.77. The normalized spacial score (nSPS) is 14.0. The van der Waals surface area contributed by atoms with E-state index in [9.17, 15) is 34.1 Å². The summed E-state index contributed by atoms with van der Waals surface area (Å²) in [6, 6.07) is -1.55. The van der Waals surface area contributed by atoms with E-state index in [2.05, 4.69) is 67.8 Å². The van der Waals surface area contributed by atoms with Crippen LogP contribution in [0.5, 0.6) is 0 Å². The van der Waals surface area contributed by atoms with E-state index in [0.717, 1.165) is 70.6 Å². The molecule has 0 spiro atoms. The van der Waals surface area contributed by atoms with Gasteiger partial charge in [-0.3, -0.25) is 18.6 Å². The molecule has 4 N–H and O–H groups in total. The highest BCUT2D eigenvalue weighted by Crippen LogP contribution is 2.43. The lowest BCUT2D eigenvalue weighted by molar-refractivity contribution is -0.147. The fraction of sp³-hybridized carbons (Fsp3) is 0.784. The summed E-state index contributed by atoms with van der Waals surface area (Å²) in [5.74, 6) is -2.38. The van der Waals surface area contributed by atoms with Crippen LogP contribution in [0.1, 0.15) is 226 Å². The number of aliphatic hydroxyl groups excluding tert-OH is 1. The molecular weight excluding hydrogens is 818 g/mol. The van der Waals surface area contributed by atoms with Crippen molar-refractivity contribution in [3.8, 4) is 0 Å². The third-order valence-corrected chi connectivity index (χ3v) is 11.8. The van der Waals surface area contributed by atoms with Gasteiger partial charge in [0.2, 0.25) is 5.91 Å². The zero-order valence-electron chi connectivity index (χ0n) is 39.9. The van der Waals surface area contributed by atoms with Crippen LogP contribution in [0.2, 0.25) is 0 Å². The first-order valence-electron chi connectivity index (χ1n) is 25.2. The van der Waals surface area contributed by atoms with Crippen LogP contribution in [0.25, 0.3) is 0 Å². The van der Waals surface area contributed by atoms with Gasteiger partial charge in [0.25, 0.3) is 0 Å². The molecular formula is C51H92NO10P. The number of carbonyl (C=O) groups is 3. The smallest absolute Gasteiger partial charge is 0.472 e. The van der Waals surface area contributed by atoms with Crippen LogP contribution in [0, 0.1) is 0 Å². The minimum absolute atomic E-state index is 0.147. The number of carboxylic acid groups (broad SMARTS) is 1. The Labute approximate surface area is 384 Å². The van der Waals surface area contributed by atoms with Gasteiger partial charge >= 0.3 is 19.8 Å². The molecule has 11 nitrogen and oxygen atoms in total. The first kappa shape index (κ1) is 60.4. The quantitative estimate of drug-likeness (QED) is 0.0200. The molecule has 0 radical (unpaired) electrons. The van der Waals surface area contributed by atoms with Crippen molar-refractivity contribution in [2.24, 2.45) is 0 Å². The van der Waals surface area contributed by atoms with Crippen LogP contribution in [0.3, 0.4) is 0 Å². The summed E-state index contributed by atoms with van der Waals surface area (Å²) in [4.78, 5) is 46.1. The van der Waals surface area contributed by atoms with Crippen LogP contribution in [0.15, 0.2) is 48.6 Å². The minimum Gasteiger partial charge on any atom is -0.480 e. The van der Waals surface area contributed by atoms with Gasteiger partial charge in [-0.15, -0.1) is 0 Å². The summed E-state index contributed by atoms with van der Waals surface area (Å²) in [5, 5.41) is 21.9. The fourth-order valence-electron chi connectivity index (χ4n) is 6.95. The Hall–Kier alpha value is -2.56. The Balaban J connectivity index is 3.87. The highest BCUT2D eigenvalue weighted by molar-refractivity contribution is 7.47. The third kappa shape index (κ3) is 45.8. The summed E-state index contributed by atoms with van der Waals surface area (Å²) < 4.78 is 26.9. The molecule has 0 saturated heterocycles. The standard InChI is InChI=1S/C51H92NO10P/c1-3-5-7-9-11-13-15-17-19-21-23-24-25-27-29-31-33-35-37-39-41-43-50(55)60-44-47(53)45-61-63(58,59)62-46-48(51(56)57)52-49(54)42-40-38-36-34-32-30-28-26-22-20-18-16-14-12-10-8-6-4-2/h11,13,17,19,23-24,27,29,47-48,53H,3-10,12,14-16,18,20-22,25-26,28,30-46H2,1-2H3,(H,52,54)(H,56,57)(H,58,59)/b13-11-,19-17-,24-23-,29-27-. The van der Waals surface area contributed by atoms with Gasteiger partial charge in [-0.25, -0.2) is 9.36 Å². The highest BCUT2D eigenvalue weighted by atomic mass is 31.2. The highest BCUT2D eigenvalue weighted by Gasteiger charge is 2.28. The van der Waals surface area contributed by atoms with Crippen molar-refractivity contribution in [1.82, 2.24) is 5.32 Å². The fourth-order valence-corrected chi connectivity index (χ4v) is 7.72. The number of ether oxygens (including phenoxy) is 1. The van der Waals surface area contributed by atoms with E-state index in [-0.39, 0.29) is 12.8 Å². The van der Waals surface area contributed by atoms with Gasteiger partial charge in [0.15, 0.2) is 6.04 Å². The SMILES string of the molecule is CCCCC/C=C\C/C=C\C/C=C\C/C=C\CCCCCCCC(=O)OCC(O)COP(=O)(O)OCC(NC(=O)CCCCCCCCCCCCCCCCCCCC)C(=O)O. The van der Waals surface area contributed by atoms with Crippen molar-refractivity contribution in [3.05, 3.63) is 48.6 Å². The predicted octanol–water partition coefficient (Wildman–Crippen LogP) is 13.7. The van der Waals surface area contributed by atoms with E-state index in [0.29, 0.717) is 12.8 Å². The number of hydrogen-bond donors (Lipinski definition) is 4. The predicted molar refractivity (Wildman–Crippen MR) is 259 cm³/mol. The van der Waals surface area contributed by atoms with Crippen molar-refractivity contribution < 1.29 is 47.8 Å². The lowest BCUT2D eigenvalue weighted by Crippen LogP contribution is -2.43. The molecule has 0 aliphatic heterocycles. The second-order valence-electron chi connectivity index (χ2n) is 17.0. The number of allylic oxidation sites excluding steroid dienone is 8. The summed E-state index contributed by atoms with van der Waals surface area (Å²) in [6.45, 7) is 2.57. The average Bonchev–Trinajstić information content (AvgIpc) is 3.26. The van der Waals surface area contributed by atoms with Crippen LogP contribution < -0.4 is 5.32 Å². The van der Waals surface area contributed by atoms with Gasteiger partial charge < -0.3 is 25.2 Å². The number of esters is 1. The van der Waals surface area contributed by atoms with E-state index in [1.165, 1.54) is 116 Å². The number of amides is 1. The van der Waals surface area contributed by atoms with Crippen molar-refractivity contribution in [2.75, 3.05) is 19.8 Å². The zero-order valence-corrected chi connectivity index (χ0v) is 40.8. The number of unbranched alkanes of at least 4 members (excludes halogenated alkanes) is 25. The Bertz CT molecular complexity index is 1250. The number of carboxylic acids is 1. The Morgan fingerprint density at radius 2 is 0.873 bits per heavy atom. The van der Waals surface area contributed by atoms with E-state index in [1.54, 1.807) is 0 Å². The van der Waals surface area contributed by atoms with E-state index in [4.69, 9.17) is 13.8 Å². The van der Waals surface area contributed by atoms with E-state index in [1.807, 2.05) is 0 Å². The molecule has 0 aromatic carbocycles. The van der Waals surface area contributed by atoms with Gasteiger partial charge in [-0.1, -0.05) is 204 Å². The second kappa shape index (κ2) is 46.0. The molecule has 0 heterocycles. The maximum atomic E-state index is 12.4. The topological polar surface area (TPSA) is 169 Å². The Morgan fingerprint density at radius 1 is 0.508 bits per heavy atom. The molecule has 0 aliphatic carbocycles. The molecule has 12 heteroatoms. The van der Waals surface area contributed by atoms with Crippen LogP contribution in [-0.4, -0.2) is 64.9 Å². The van der Waals surface area contributed by atoms with Crippen molar-refractivity contribution in [2.45, 2.75) is 238 Å². The van der Waals surface area contributed by atoms with Gasteiger partial charge in [0, 0.05) is 12.8 Å². The molecule has 366 valence electrons. The number of nitrogens with one attached hydrogen (secondary N) is 1. The number of carbonyl (C=O) groups excluding carboxylic acids is 2. The Morgan fingerprint density at radius 3 is 1.33 bits per heavy atom. The van der Waals surface area contributed by atoms with Crippen molar-refractivity contribution in [3.63, 3.8) is 0 Å². The number of hydrogen-bond acceptors (Lipinski definition) is 8. The number of aliphatic hydroxyl groups is 1. The summed E-state index contributed by atoms with van der Waals surface area (Å²) >= 11 is 0. The average molecular weight is 910 g/mol. The first-order chi connectivity index (χ1) is 30.6. The van der Waals surface area contributed by atoms with E-state index < -0.39 is 57.6 Å². The third-order valence-electron chi connectivity index (χ3n) is 10.9. The van der Waals surface area contributed by atoms with Crippen LogP contribution in [0.4, 0.5) is 0 Å². The maximum Gasteiger partial charge on any atom is 0.472 e. The van der Waals surface area contributed by atoms with Gasteiger partial charge in [0.05, 0.1) is 13.2 Å². The number of rotatable bonds is 47.